The number of imidazole rings is 1. The van der Waals surface area contributed by atoms with E-state index in [1.165, 1.54) is 4.90 Å². The topological polar surface area (TPSA) is 178 Å². The molecule has 3 N–H and O–H groups in total. The van der Waals surface area contributed by atoms with Gasteiger partial charge in [-0.15, -0.1) is 0 Å². The molecule has 2 aliphatic carbocycles. The van der Waals surface area contributed by atoms with Crippen molar-refractivity contribution in [3.05, 3.63) is 36.7 Å². The third-order valence-electron chi connectivity index (χ3n) is 10.2. The summed E-state index contributed by atoms with van der Waals surface area (Å²) >= 11 is 0. The number of ether oxygens (including phenoxy) is 2. The second-order valence-electron chi connectivity index (χ2n) is 15.4. The first-order valence-electron chi connectivity index (χ1n) is 17.4. The fourth-order valence-corrected chi connectivity index (χ4v) is 8.08. The molecular weight excluding hydrogens is 664 g/mol. The minimum absolute atomic E-state index is 0.0438. The number of carbonyl (C=O) groups excluding carboxylic acids is 4. The Morgan fingerprint density at radius 2 is 1.88 bits per heavy atom. The van der Waals surface area contributed by atoms with Gasteiger partial charge in [0.1, 0.15) is 35.1 Å². The van der Waals surface area contributed by atoms with Crippen LogP contribution in [0, 0.1) is 5.92 Å². The van der Waals surface area contributed by atoms with Gasteiger partial charge in [0.2, 0.25) is 21.8 Å². The van der Waals surface area contributed by atoms with Gasteiger partial charge in [-0.1, -0.05) is 25.0 Å². The van der Waals surface area contributed by atoms with Crippen LogP contribution < -0.4 is 20.1 Å². The van der Waals surface area contributed by atoms with Gasteiger partial charge in [-0.25, -0.2) is 18.2 Å². The molecule has 272 valence electrons. The largest absolute Gasteiger partial charge is 0.488 e. The lowest BCUT2D eigenvalue weighted by Gasteiger charge is -2.30. The highest BCUT2D eigenvalue weighted by Crippen LogP contribution is 2.47. The quantitative estimate of drug-likeness (QED) is 0.380. The summed E-state index contributed by atoms with van der Waals surface area (Å²) in [7, 11) is -2.09. The lowest BCUT2D eigenvalue weighted by molar-refractivity contribution is -0.141. The Balaban J connectivity index is 1.29. The van der Waals surface area contributed by atoms with Crippen molar-refractivity contribution < 1.29 is 37.1 Å². The van der Waals surface area contributed by atoms with E-state index in [0.29, 0.717) is 37.9 Å². The number of fused-ring (bicyclic) bond motifs is 3. The zero-order valence-corrected chi connectivity index (χ0v) is 30.2. The molecule has 4 aliphatic rings. The molecule has 1 saturated heterocycles. The number of aryl methyl sites for hydroxylation is 1. The third kappa shape index (κ3) is 7.47. The Bertz CT molecular complexity index is 1810. The van der Waals surface area contributed by atoms with Gasteiger partial charge in [0.15, 0.2) is 0 Å². The molecule has 1 aromatic carbocycles. The summed E-state index contributed by atoms with van der Waals surface area (Å²) in [5.74, 6) is -1.72. The molecule has 0 spiro atoms. The van der Waals surface area contributed by atoms with Crippen LogP contribution in [-0.2, 0) is 36.2 Å². The molecule has 15 heteroatoms. The smallest absolute Gasteiger partial charge is 0.408 e. The number of alkyl carbamates (subject to hydrolysis) is 1. The Morgan fingerprint density at radius 3 is 2.60 bits per heavy atom. The highest BCUT2D eigenvalue weighted by molar-refractivity contribution is 7.91. The van der Waals surface area contributed by atoms with Crippen molar-refractivity contribution in [2.45, 2.75) is 120 Å². The maximum absolute atomic E-state index is 14.3. The van der Waals surface area contributed by atoms with E-state index >= 15 is 0 Å². The van der Waals surface area contributed by atoms with Gasteiger partial charge < -0.3 is 29.6 Å². The van der Waals surface area contributed by atoms with Gasteiger partial charge in [-0.3, -0.25) is 19.1 Å². The molecule has 3 heterocycles. The van der Waals surface area contributed by atoms with E-state index < -0.39 is 73.8 Å². The number of hydrogen-bond acceptors (Lipinski definition) is 9. The summed E-state index contributed by atoms with van der Waals surface area (Å²) in [6.45, 7) is 6.84. The third-order valence-corrected chi connectivity index (χ3v) is 12.3. The van der Waals surface area contributed by atoms with Crippen molar-refractivity contribution in [3.8, 4) is 5.75 Å². The minimum atomic E-state index is -3.96. The average Bonchev–Trinajstić information content (AvgIpc) is 3.86. The van der Waals surface area contributed by atoms with Crippen LogP contribution in [0.5, 0.6) is 5.75 Å². The Morgan fingerprint density at radius 1 is 1.12 bits per heavy atom. The Hall–Kier alpha value is -4.14. The van der Waals surface area contributed by atoms with Crippen LogP contribution in [0.1, 0.15) is 85.5 Å². The predicted octanol–water partition coefficient (Wildman–Crippen LogP) is 3.21. The highest BCUT2D eigenvalue weighted by atomic mass is 32.2. The molecule has 1 aromatic heterocycles. The zero-order chi connectivity index (χ0) is 36.1. The SMILES string of the molecule is Cn1cnc2ccc(O[C@@H]3C[C@H]4C(=O)N[C@]5(C(=O)NS(=O)(=O)C6(C)CC6)C[C@H]5/C=C\CCCCC[C@H](NC(=O)OC(C)(C)C)C(=O)N4C3)cc21. The van der Waals surface area contributed by atoms with Crippen molar-refractivity contribution >= 4 is 44.9 Å². The number of rotatable bonds is 6. The number of nitrogens with zero attached hydrogens (tertiary/aromatic N) is 3. The van der Waals surface area contributed by atoms with Gasteiger partial charge >= 0.3 is 6.09 Å². The minimum Gasteiger partial charge on any atom is -0.488 e. The van der Waals surface area contributed by atoms with Crippen molar-refractivity contribution in [2.24, 2.45) is 13.0 Å². The van der Waals surface area contributed by atoms with Crippen molar-refractivity contribution in [3.63, 3.8) is 0 Å². The van der Waals surface area contributed by atoms with E-state index in [2.05, 4.69) is 20.3 Å². The molecular formula is C35H48N6O8S. The highest BCUT2D eigenvalue weighted by Gasteiger charge is 2.63. The monoisotopic (exact) mass is 712 g/mol. The van der Waals surface area contributed by atoms with E-state index in [1.54, 1.807) is 40.1 Å². The summed E-state index contributed by atoms with van der Waals surface area (Å²) < 4.78 is 41.1. The molecule has 50 heavy (non-hydrogen) atoms. The first kappa shape index (κ1) is 35.7. The van der Waals surface area contributed by atoms with Crippen LogP contribution in [0.25, 0.3) is 11.0 Å². The van der Waals surface area contributed by atoms with Crippen LogP contribution in [0.4, 0.5) is 4.79 Å². The summed E-state index contributed by atoms with van der Waals surface area (Å²) in [5.41, 5.74) is -0.637. The lowest BCUT2D eigenvalue weighted by atomic mass is 10.0. The maximum atomic E-state index is 14.3. The van der Waals surface area contributed by atoms with Crippen LogP contribution >= 0.6 is 0 Å². The number of aromatic nitrogens is 2. The normalized spacial score (nSPS) is 29.0. The molecule has 2 aliphatic heterocycles. The molecule has 2 aromatic rings. The average molecular weight is 713 g/mol. The molecule has 0 radical (unpaired) electrons. The first-order chi connectivity index (χ1) is 23.5. The number of nitrogens with one attached hydrogen (secondary N) is 3. The number of amides is 4. The molecule has 3 fully saturated rings. The molecule has 2 saturated carbocycles. The number of hydrogen-bond donors (Lipinski definition) is 3. The zero-order valence-electron chi connectivity index (χ0n) is 29.4. The van der Waals surface area contributed by atoms with E-state index in [4.69, 9.17) is 9.47 Å². The molecule has 0 unspecified atom stereocenters. The number of carbonyl (C=O) groups is 4. The molecule has 14 nitrogen and oxygen atoms in total. The molecule has 6 rings (SSSR count). The van der Waals surface area contributed by atoms with Gasteiger partial charge in [-0.05, 0) is 78.4 Å². The summed E-state index contributed by atoms with van der Waals surface area (Å²) in [4.78, 5) is 61.0. The van der Waals surface area contributed by atoms with E-state index in [0.717, 1.165) is 23.9 Å². The summed E-state index contributed by atoms with van der Waals surface area (Å²) in [5, 5.41) is 5.62. The van der Waals surface area contributed by atoms with Crippen LogP contribution in [0.15, 0.2) is 36.7 Å². The van der Waals surface area contributed by atoms with Crippen LogP contribution in [-0.4, -0.2) is 87.3 Å². The molecule has 4 amide bonds. The number of allylic oxidation sites excluding steroid dienone is 1. The van der Waals surface area contributed by atoms with Gasteiger partial charge in [0.25, 0.3) is 5.91 Å². The van der Waals surface area contributed by atoms with Crippen molar-refractivity contribution in [1.82, 2.24) is 29.8 Å². The summed E-state index contributed by atoms with van der Waals surface area (Å²) in [6, 6.07) is 3.42. The van der Waals surface area contributed by atoms with Crippen LogP contribution in [0.3, 0.4) is 0 Å². The standard InChI is InChI=1S/C35H48N6O8S/c1-33(2,3)49-32(45)37-26-12-10-8-6-7-9-11-22-19-35(22,31(44)39-50(46,47)34(4)15-16-34)38-29(42)28-18-24(20-41(28)30(26)43)48-23-13-14-25-27(17-23)40(5)21-36-25/h9,11,13-14,17,21-22,24,26,28H,6-8,10,12,15-16,18-20H2,1-5H3,(H,37,45)(H,38,42)(H,39,44)/b11-9-/t22-,24-,26+,28+,35-/m1/s1. The Kier molecular flexibility index (Phi) is 9.42. The maximum Gasteiger partial charge on any atom is 0.408 e. The predicted molar refractivity (Wildman–Crippen MR) is 184 cm³/mol. The Labute approximate surface area is 292 Å². The summed E-state index contributed by atoms with van der Waals surface area (Å²) in [6.07, 6.45) is 8.67. The lowest BCUT2D eigenvalue weighted by Crippen LogP contribution is -2.58. The fourth-order valence-electron chi connectivity index (χ4n) is 6.77. The van der Waals surface area contributed by atoms with Gasteiger partial charge in [0, 0.05) is 25.5 Å². The van der Waals surface area contributed by atoms with E-state index in [-0.39, 0.29) is 19.4 Å². The van der Waals surface area contributed by atoms with Crippen molar-refractivity contribution in [1.29, 1.82) is 0 Å². The first-order valence-corrected chi connectivity index (χ1v) is 18.9. The second-order valence-corrected chi connectivity index (χ2v) is 17.6. The van der Waals surface area contributed by atoms with Gasteiger partial charge in [0.05, 0.1) is 28.7 Å². The van der Waals surface area contributed by atoms with Crippen LogP contribution in [0.2, 0.25) is 0 Å². The van der Waals surface area contributed by atoms with E-state index in [9.17, 15) is 27.6 Å². The molecule has 5 atom stereocenters. The number of sulfonamides is 1. The number of benzene rings is 1. The van der Waals surface area contributed by atoms with E-state index in [1.807, 2.05) is 35.9 Å². The van der Waals surface area contributed by atoms with Gasteiger partial charge in [-0.2, -0.15) is 0 Å². The second kappa shape index (κ2) is 13.2. The fraction of sp³-hybridized carbons (Fsp3) is 0.629. The van der Waals surface area contributed by atoms with Crippen molar-refractivity contribution in [2.75, 3.05) is 6.54 Å². The molecule has 0 bridgehead atoms.